The Morgan fingerprint density at radius 1 is 1.16 bits per heavy atom. The molecule has 0 bridgehead atoms. The second-order valence-electron chi connectivity index (χ2n) is 7.50. The van der Waals surface area contributed by atoms with Crippen molar-refractivity contribution in [2.45, 2.75) is 12.0 Å². The highest BCUT2D eigenvalue weighted by Gasteiger charge is 2.44. The number of nitrogens with zero attached hydrogens (tertiary/aromatic N) is 1. The van der Waals surface area contributed by atoms with Crippen molar-refractivity contribution in [2.24, 2.45) is 0 Å². The second-order valence-corrected chi connectivity index (χ2v) is 8.48. The molecule has 0 spiro atoms. The monoisotopic (exact) mass is 451 g/mol. The molecule has 3 aromatic rings. The number of benzene rings is 2. The summed E-state index contributed by atoms with van der Waals surface area (Å²) in [6.45, 7) is 0.713. The Balaban J connectivity index is 1.80. The van der Waals surface area contributed by atoms with Crippen LogP contribution in [0.15, 0.2) is 60.0 Å². The van der Waals surface area contributed by atoms with Crippen LogP contribution in [0.1, 0.15) is 32.8 Å². The minimum atomic E-state index is -0.620. The molecule has 2 atom stereocenters. The largest absolute Gasteiger partial charge is 0.497 e. The van der Waals surface area contributed by atoms with E-state index in [1.165, 1.54) is 11.3 Å². The summed E-state index contributed by atoms with van der Waals surface area (Å²) in [5, 5.41) is 4.96. The number of hydrogen-bond donors (Lipinski definition) is 2. The number of anilines is 2. The summed E-state index contributed by atoms with van der Waals surface area (Å²) >= 11 is 1.52. The van der Waals surface area contributed by atoms with Crippen molar-refractivity contribution in [3.05, 3.63) is 76.0 Å². The van der Waals surface area contributed by atoms with E-state index in [1.807, 2.05) is 29.6 Å². The molecular weight excluding hydrogens is 426 g/mol. The number of ether oxygens (including phenoxy) is 2. The quantitative estimate of drug-likeness (QED) is 0.532. The second kappa shape index (κ2) is 9.42. The smallest absolute Gasteiger partial charge is 0.254 e. The molecule has 1 aliphatic rings. The van der Waals surface area contributed by atoms with Gasteiger partial charge >= 0.3 is 0 Å². The average Bonchev–Trinajstić information content (AvgIpc) is 3.33. The first-order valence-electron chi connectivity index (χ1n) is 10.2. The number of methoxy groups -OCH3 is 2. The van der Waals surface area contributed by atoms with Crippen molar-refractivity contribution < 1.29 is 19.1 Å². The van der Waals surface area contributed by atoms with Gasteiger partial charge in [0.15, 0.2) is 0 Å². The average molecular weight is 452 g/mol. The maximum Gasteiger partial charge on any atom is 0.254 e. The van der Waals surface area contributed by atoms with Crippen molar-refractivity contribution in [1.82, 2.24) is 4.90 Å². The van der Waals surface area contributed by atoms with Crippen LogP contribution in [0.3, 0.4) is 0 Å². The van der Waals surface area contributed by atoms with Gasteiger partial charge in [-0.15, -0.1) is 11.3 Å². The zero-order valence-electron chi connectivity index (χ0n) is 17.9. The number of carbonyl (C=O) groups is 2. The van der Waals surface area contributed by atoms with Crippen LogP contribution in [0.2, 0.25) is 0 Å². The summed E-state index contributed by atoms with van der Waals surface area (Å²) in [5.74, 6) is -0.345. The minimum Gasteiger partial charge on any atom is -0.497 e. The van der Waals surface area contributed by atoms with Gasteiger partial charge in [0.2, 0.25) is 5.91 Å². The summed E-state index contributed by atoms with van der Waals surface area (Å²) in [6, 6.07) is 15.8. The molecule has 0 aliphatic carbocycles. The lowest BCUT2D eigenvalue weighted by atomic mass is 9.81. The summed E-state index contributed by atoms with van der Waals surface area (Å²) in [4.78, 5) is 29.8. The molecule has 4 rings (SSSR count). The Bertz CT molecular complexity index is 1120. The van der Waals surface area contributed by atoms with Gasteiger partial charge in [0.1, 0.15) is 5.75 Å². The topological polar surface area (TPSA) is 93.9 Å². The van der Waals surface area contributed by atoms with E-state index in [0.29, 0.717) is 41.4 Å². The first kappa shape index (κ1) is 21.9. The molecule has 0 saturated carbocycles. The van der Waals surface area contributed by atoms with Crippen LogP contribution >= 0.6 is 11.3 Å². The van der Waals surface area contributed by atoms with Gasteiger partial charge in [0.25, 0.3) is 5.91 Å². The predicted octanol–water partition coefficient (Wildman–Crippen LogP) is 3.90. The van der Waals surface area contributed by atoms with Crippen molar-refractivity contribution in [2.75, 3.05) is 38.4 Å². The van der Waals surface area contributed by atoms with Crippen LogP contribution in [0.25, 0.3) is 0 Å². The molecule has 3 N–H and O–H groups in total. The predicted molar refractivity (Wildman–Crippen MR) is 125 cm³/mol. The van der Waals surface area contributed by atoms with Gasteiger partial charge in [-0.1, -0.05) is 18.2 Å². The summed E-state index contributed by atoms with van der Waals surface area (Å²) in [6.07, 6.45) is 0. The van der Waals surface area contributed by atoms with Gasteiger partial charge in [-0.05, 0) is 41.3 Å². The van der Waals surface area contributed by atoms with Crippen molar-refractivity contribution in [1.29, 1.82) is 0 Å². The van der Waals surface area contributed by atoms with Crippen LogP contribution in [0.5, 0.6) is 5.75 Å². The number of carbonyl (C=O) groups excluding carboxylic acids is 2. The fourth-order valence-corrected chi connectivity index (χ4v) is 4.95. The lowest BCUT2D eigenvalue weighted by Gasteiger charge is -2.41. The molecular formula is C24H25N3O4S. The molecule has 0 radical (unpaired) electrons. The third-order valence-corrected chi connectivity index (χ3v) is 6.49. The Hall–Kier alpha value is -3.36. The van der Waals surface area contributed by atoms with Crippen LogP contribution < -0.4 is 15.8 Å². The molecule has 7 nitrogen and oxygen atoms in total. The number of fused-ring (bicyclic) bond motifs is 1. The molecule has 2 amide bonds. The highest BCUT2D eigenvalue weighted by atomic mass is 32.1. The Morgan fingerprint density at radius 3 is 2.72 bits per heavy atom. The minimum absolute atomic E-state index is 0.159. The van der Waals surface area contributed by atoms with E-state index in [9.17, 15) is 9.59 Å². The number of thiophene rings is 1. The number of nitrogens with two attached hydrogens (primary N) is 1. The molecule has 8 heteroatoms. The Kier molecular flexibility index (Phi) is 6.43. The van der Waals surface area contributed by atoms with Crippen LogP contribution in [0.4, 0.5) is 11.4 Å². The lowest BCUT2D eigenvalue weighted by molar-refractivity contribution is -0.119. The first-order valence-corrected chi connectivity index (χ1v) is 11.1. The summed E-state index contributed by atoms with van der Waals surface area (Å²) in [5.41, 5.74) is 8.19. The molecule has 1 aliphatic heterocycles. The van der Waals surface area contributed by atoms with E-state index in [-0.39, 0.29) is 11.8 Å². The van der Waals surface area contributed by atoms with E-state index in [1.54, 1.807) is 49.5 Å². The molecule has 0 saturated heterocycles. The molecule has 2 heterocycles. The summed E-state index contributed by atoms with van der Waals surface area (Å²) < 4.78 is 10.5. The van der Waals surface area contributed by atoms with Crippen LogP contribution in [-0.2, 0) is 9.53 Å². The van der Waals surface area contributed by atoms with Gasteiger partial charge in [0.05, 0.1) is 25.7 Å². The van der Waals surface area contributed by atoms with E-state index < -0.39 is 12.0 Å². The van der Waals surface area contributed by atoms with Gasteiger partial charge in [0, 0.05) is 41.5 Å². The molecule has 0 fully saturated rings. The van der Waals surface area contributed by atoms with Crippen LogP contribution in [0, 0.1) is 0 Å². The summed E-state index contributed by atoms with van der Waals surface area (Å²) in [7, 11) is 3.17. The normalized spacial score (nSPS) is 17.7. The maximum atomic E-state index is 13.7. The van der Waals surface area contributed by atoms with E-state index in [0.717, 1.165) is 4.88 Å². The zero-order valence-corrected chi connectivity index (χ0v) is 18.7. The fourth-order valence-electron chi connectivity index (χ4n) is 4.07. The number of rotatable bonds is 7. The van der Waals surface area contributed by atoms with E-state index in [2.05, 4.69) is 5.32 Å². The van der Waals surface area contributed by atoms with E-state index in [4.69, 9.17) is 15.2 Å². The van der Waals surface area contributed by atoms with Gasteiger partial charge in [-0.3, -0.25) is 9.59 Å². The number of amides is 2. The lowest BCUT2D eigenvalue weighted by Crippen LogP contribution is -2.47. The number of nitrogen functional groups attached to an aromatic ring is 1. The van der Waals surface area contributed by atoms with Crippen LogP contribution in [-0.4, -0.2) is 44.1 Å². The Morgan fingerprint density at radius 2 is 2.00 bits per heavy atom. The number of nitrogens with one attached hydrogen (secondary N) is 1. The van der Waals surface area contributed by atoms with Gasteiger partial charge < -0.3 is 25.4 Å². The van der Waals surface area contributed by atoms with Crippen molar-refractivity contribution in [3.8, 4) is 5.75 Å². The highest BCUT2D eigenvalue weighted by molar-refractivity contribution is 7.10. The standard InChI is InChI=1S/C24H25N3O4S/c1-30-11-10-27-22(20-7-4-12-32-20)21(18-9-8-15(25)13-19(18)24(27)29)23(28)26-16-5-3-6-17(14-16)31-2/h3-9,12-14,21-22H,10-11,25H2,1-2H3,(H,26,28). The van der Waals surface area contributed by atoms with Crippen molar-refractivity contribution in [3.63, 3.8) is 0 Å². The molecule has 2 unspecified atom stereocenters. The number of hydrogen-bond acceptors (Lipinski definition) is 6. The SMILES string of the molecule is COCCN1C(=O)c2cc(N)ccc2C(C(=O)Nc2cccc(OC)c2)C1c1cccs1. The van der Waals surface area contributed by atoms with E-state index >= 15 is 0 Å². The fraction of sp³-hybridized carbons (Fsp3) is 0.250. The molecule has 2 aromatic carbocycles. The van der Waals surface area contributed by atoms with Gasteiger partial charge in [-0.2, -0.15) is 0 Å². The molecule has 1 aromatic heterocycles. The molecule has 32 heavy (non-hydrogen) atoms. The maximum absolute atomic E-state index is 13.7. The Labute approximate surface area is 190 Å². The van der Waals surface area contributed by atoms with Gasteiger partial charge in [-0.25, -0.2) is 0 Å². The third kappa shape index (κ3) is 4.19. The zero-order chi connectivity index (χ0) is 22.7. The molecule has 166 valence electrons. The highest BCUT2D eigenvalue weighted by Crippen LogP contribution is 2.45. The first-order chi connectivity index (χ1) is 15.5. The van der Waals surface area contributed by atoms with Crippen molar-refractivity contribution >= 4 is 34.5 Å². The third-order valence-electron chi connectivity index (χ3n) is 5.55.